The fourth-order valence-corrected chi connectivity index (χ4v) is 3.04. The number of ketones is 1. The van der Waals surface area contributed by atoms with E-state index in [0.717, 1.165) is 5.56 Å². The van der Waals surface area contributed by atoms with Crippen molar-refractivity contribution in [1.82, 2.24) is 0 Å². The first-order valence-electron chi connectivity index (χ1n) is 7.82. The smallest absolute Gasteiger partial charge is 0.174 e. The van der Waals surface area contributed by atoms with Crippen LogP contribution in [0.5, 0.6) is 28.7 Å². The quantitative estimate of drug-likeness (QED) is 0.916. The van der Waals surface area contributed by atoms with Crippen molar-refractivity contribution in [3.63, 3.8) is 0 Å². The number of phenolic OH excluding ortho intramolecular Hbond substituents is 1. The summed E-state index contributed by atoms with van der Waals surface area (Å²) in [7, 11) is 4.54. The highest BCUT2D eigenvalue weighted by Crippen LogP contribution is 2.46. The van der Waals surface area contributed by atoms with Crippen LogP contribution in [0.2, 0.25) is 0 Å². The number of rotatable bonds is 4. The number of hydrogen-bond donors (Lipinski definition) is 1. The minimum absolute atomic E-state index is 0.00166. The monoisotopic (exact) mass is 344 g/mol. The molecule has 0 amide bonds. The lowest BCUT2D eigenvalue weighted by Crippen LogP contribution is -2.22. The molecule has 0 spiro atoms. The number of ether oxygens (including phenoxy) is 4. The van der Waals surface area contributed by atoms with E-state index in [1.165, 1.54) is 14.2 Å². The third-order valence-corrected chi connectivity index (χ3v) is 4.37. The highest BCUT2D eigenvalue weighted by Gasteiger charge is 2.33. The van der Waals surface area contributed by atoms with Gasteiger partial charge >= 0.3 is 0 Å². The second-order valence-electron chi connectivity index (χ2n) is 5.78. The van der Waals surface area contributed by atoms with E-state index in [1.807, 2.05) is 6.92 Å². The van der Waals surface area contributed by atoms with Gasteiger partial charge in [-0.1, -0.05) is 6.07 Å². The zero-order valence-corrected chi connectivity index (χ0v) is 14.6. The van der Waals surface area contributed by atoms with E-state index in [1.54, 1.807) is 31.4 Å². The van der Waals surface area contributed by atoms with E-state index in [-0.39, 0.29) is 18.0 Å². The predicted octanol–water partition coefficient (Wildman–Crippen LogP) is 3.43. The number of phenols is 1. The molecule has 0 fully saturated rings. The third kappa shape index (κ3) is 2.84. The molecule has 2 aromatic rings. The molecule has 1 aliphatic heterocycles. The summed E-state index contributed by atoms with van der Waals surface area (Å²) < 4.78 is 21.8. The van der Waals surface area contributed by atoms with Crippen LogP contribution in [-0.2, 0) is 0 Å². The molecule has 0 unspecified atom stereocenters. The van der Waals surface area contributed by atoms with Crippen molar-refractivity contribution < 1.29 is 28.8 Å². The topological polar surface area (TPSA) is 74.2 Å². The van der Waals surface area contributed by atoms with Gasteiger partial charge in [-0.15, -0.1) is 0 Å². The zero-order valence-electron chi connectivity index (χ0n) is 14.6. The van der Waals surface area contributed by atoms with Crippen molar-refractivity contribution in [1.29, 1.82) is 0 Å². The number of benzene rings is 2. The Hall–Kier alpha value is -2.89. The second-order valence-corrected chi connectivity index (χ2v) is 5.78. The van der Waals surface area contributed by atoms with Gasteiger partial charge in [0.25, 0.3) is 0 Å². The van der Waals surface area contributed by atoms with Crippen molar-refractivity contribution in [2.24, 2.45) is 0 Å². The number of methoxy groups -OCH3 is 3. The van der Waals surface area contributed by atoms with Gasteiger partial charge < -0.3 is 24.1 Å². The largest absolute Gasteiger partial charge is 0.504 e. The summed E-state index contributed by atoms with van der Waals surface area (Å²) in [4.78, 5) is 12.7. The predicted molar refractivity (Wildman–Crippen MR) is 91.3 cm³/mol. The van der Waals surface area contributed by atoms with E-state index in [2.05, 4.69) is 0 Å². The van der Waals surface area contributed by atoms with E-state index in [4.69, 9.17) is 18.9 Å². The van der Waals surface area contributed by atoms with Crippen LogP contribution in [0.15, 0.2) is 24.3 Å². The Bertz CT molecular complexity index is 827. The maximum absolute atomic E-state index is 12.7. The first-order chi connectivity index (χ1) is 12.0. The van der Waals surface area contributed by atoms with Crippen LogP contribution in [0.1, 0.15) is 34.0 Å². The molecule has 25 heavy (non-hydrogen) atoms. The van der Waals surface area contributed by atoms with Gasteiger partial charge in [0.05, 0.1) is 27.8 Å². The third-order valence-electron chi connectivity index (χ3n) is 4.37. The molecule has 2 aromatic carbocycles. The van der Waals surface area contributed by atoms with Crippen LogP contribution >= 0.6 is 0 Å². The maximum Gasteiger partial charge on any atom is 0.174 e. The summed E-state index contributed by atoms with van der Waals surface area (Å²) in [5, 5.41) is 10.00. The molecule has 1 aliphatic rings. The molecular formula is C19H20O6. The first-order valence-corrected chi connectivity index (χ1v) is 7.82. The summed E-state index contributed by atoms with van der Waals surface area (Å²) in [5.41, 5.74) is 1.85. The Morgan fingerprint density at radius 1 is 1.04 bits per heavy atom. The van der Waals surface area contributed by atoms with E-state index in [0.29, 0.717) is 34.1 Å². The van der Waals surface area contributed by atoms with Crippen LogP contribution in [0, 0.1) is 6.92 Å². The SMILES string of the molecule is COc1ccc([C@@H]2CC(=O)c3c(OC)cc(OC)c(C)c3O2)cc1O. The molecule has 132 valence electrons. The number of Topliss-reactive ketones (excluding diaryl/α,β-unsaturated/α-hetero) is 1. The zero-order chi connectivity index (χ0) is 18.1. The number of aromatic hydroxyl groups is 1. The lowest BCUT2D eigenvalue weighted by Gasteiger charge is -2.29. The van der Waals surface area contributed by atoms with Gasteiger partial charge in [0.1, 0.15) is 28.9 Å². The summed E-state index contributed by atoms with van der Waals surface area (Å²) in [6.45, 7) is 1.83. The molecule has 0 saturated carbocycles. The molecule has 0 saturated heterocycles. The second kappa shape index (κ2) is 6.55. The van der Waals surface area contributed by atoms with Crippen molar-refractivity contribution in [2.75, 3.05) is 21.3 Å². The average Bonchev–Trinajstić information content (AvgIpc) is 2.62. The molecule has 0 aromatic heterocycles. The Labute approximate surface area is 145 Å². The van der Waals surface area contributed by atoms with Gasteiger partial charge in [-0.05, 0) is 24.6 Å². The Morgan fingerprint density at radius 2 is 1.72 bits per heavy atom. The molecule has 1 heterocycles. The maximum atomic E-state index is 12.7. The van der Waals surface area contributed by atoms with Crippen LogP contribution in [0.4, 0.5) is 0 Å². The van der Waals surface area contributed by atoms with E-state index < -0.39 is 6.10 Å². The number of fused-ring (bicyclic) bond motifs is 1. The van der Waals surface area contributed by atoms with Gasteiger partial charge in [0.2, 0.25) is 0 Å². The van der Waals surface area contributed by atoms with Gasteiger partial charge in [-0.2, -0.15) is 0 Å². The Kier molecular flexibility index (Phi) is 4.44. The Balaban J connectivity index is 2.06. The van der Waals surface area contributed by atoms with Crippen molar-refractivity contribution in [3.05, 3.63) is 41.0 Å². The van der Waals surface area contributed by atoms with Crippen LogP contribution in [0.25, 0.3) is 0 Å². The molecule has 1 N–H and O–H groups in total. The molecule has 1 atom stereocenters. The molecular weight excluding hydrogens is 324 g/mol. The van der Waals surface area contributed by atoms with E-state index in [9.17, 15) is 9.90 Å². The van der Waals surface area contributed by atoms with Gasteiger partial charge in [0, 0.05) is 11.6 Å². The van der Waals surface area contributed by atoms with Crippen molar-refractivity contribution >= 4 is 5.78 Å². The number of carbonyl (C=O) groups is 1. The van der Waals surface area contributed by atoms with Crippen molar-refractivity contribution in [3.8, 4) is 28.7 Å². The minimum Gasteiger partial charge on any atom is -0.504 e. The van der Waals surface area contributed by atoms with Gasteiger partial charge in [0.15, 0.2) is 17.3 Å². The molecule has 0 aliphatic carbocycles. The summed E-state index contributed by atoms with van der Waals surface area (Å²) >= 11 is 0. The fourth-order valence-electron chi connectivity index (χ4n) is 3.04. The molecule has 6 nitrogen and oxygen atoms in total. The number of carbonyl (C=O) groups excluding carboxylic acids is 1. The lowest BCUT2D eigenvalue weighted by molar-refractivity contribution is 0.0841. The first kappa shape index (κ1) is 17.0. The van der Waals surface area contributed by atoms with Gasteiger partial charge in [-0.25, -0.2) is 0 Å². The highest BCUT2D eigenvalue weighted by molar-refractivity contribution is 6.03. The highest BCUT2D eigenvalue weighted by atomic mass is 16.5. The summed E-state index contributed by atoms with van der Waals surface area (Å²) in [5.74, 6) is 1.75. The molecule has 3 rings (SSSR count). The van der Waals surface area contributed by atoms with Crippen LogP contribution < -0.4 is 18.9 Å². The summed E-state index contributed by atoms with van der Waals surface area (Å²) in [6, 6.07) is 6.66. The van der Waals surface area contributed by atoms with Crippen molar-refractivity contribution in [2.45, 2.75) is 19.4 Å². The standard InChI is InChI=1S/C19H20O6/c1-10-15(23-3)9-17(24-4)18-13(21)8-16(25-19(10)18)11-5-6-14(22-2)12(20)7-11/h5-7,9,16,20H,8H2,1-4H3/t16-/m0/s1. The minimum atomic E-state index is -0.507. The van der Waals surface area contributed by atoms with Gasteiger partial charge in [-0.3, -0.25) is 4.79 Å². The molecule has 6 heteroatoms. The normalized spacial score (nSPS) is 16.0. The van der Waals surface area contributed by atoms with Crippen LogP contribution in [0.3, 0.4) is 0 Å². The Morgan fingerprint density at radius 3 is 2.32 bits per heavy atom. The van der Waals surface area contributed by atoms with E-state index >= 15 is 0 Å². The average molecular weight is 344 g/mol. The molecule has 0 radical (unpaired) electrons. The fraction of sp³-hybridized carbons (Fsp3) is 0.316. The summed E-state index contributed by atoms with van der Waals surface area (Å²) in [6.07, 6.45) is -0.353. The molecule has 0 bridgehead atoms. The number of hydrogen-bond acceptors (Lipinski definition) is 6. The van der Waals surface area contributed by atoms with Crippen LogP contribution in [-0.4, -0.2) is 32.2 Å². The lowest BCUT2D eigenvalue weighted by atomic mass is 9.93.